The maximum absolute atomic E-state index is 13.7. The number of fused-ring (bicyclic) bond motifs is 4. The minimum Gasteiger partial charge on any atom is -0.467 e. The molecule has 0 bridgehead atoms. The van der Waals surface area contributed by atoms with Crippen LogP contribution in [0.3, 0.4) is 0 Å². The minimum absolute atomic E-state index is 0.0346. The van der Waals surface area contributed by atoms with E-state index in [4.69, 9.17) is 4.74 Å². The molecule has 0 saturated heterocycles. The molecule has 5 heteroatoms. The van der Waals surface area contributed by atoms with Crippen LogP contribution < -0.4 is 10.2 Å². The third-order valence-corrected chi connectivity index (χ3v) is 6.65. The van der Waals surface area contributed by atoms with Gasteiger partial charge < -0.3 is 10.1 Å². The first-order valence-electron chi connectivity index (χ1n) is 11.1. The summed E-state index contributed by atoms with van der Waals surface area (Å²) in [5.41, 5.74) is 5.30. The number of methoxy groups -OCH3 is 1. The Kier molecular flexibility index (Phi) is 5.39. The molecule has 32 heavy (non-hydrogen) atoms. The van der Waals surface area contributed by atoms with Crippen LogP contribution in [0.4, 0.5) is 10.5 Å². The van der Waals surface area contributed by atoms with Gasteiger partial charge in [0, 0.05) is 5.92 Å². The van der Waals surface area contributed by atoms with Crippen molar-refractivity contribution in [2.75, 3.05) is 12.0 Å². The second-order valence-electron chi connectivity index (χ2n) is 8.40. The van der Waals surface area contributed by atoms with Crippen LogP contribution in [0.1, 0.15) is 36.4 Å². The number of carbonyl (C=O) groups is 2. The van der Waals surface area contributed by atoms with Gasteiger partial charge in [0.2, 0.25) is 0 Å². The molecule has 2 aromatic rings. The third-order valence-electron chi connectivity index (χ3n) is 6.65. The van der Waals surface area contributed by atoms with Crippen molar-refractivity contribution in [2.24, 2.45) is 5.92 Å². The van der Waals surface area contributed by atoms with Crippen molar-refractivity contribution in [1.82, 2.24) is 5.32 Å². The van der Waals surface area contributed by atoms with Gasteiger partial charge in [0.25, 0.3) is 0 Å². The Morgan fingerprint density at radius 2 is 1.88 bits per heavy atom. The number of rotatable bonds is 3. The molecule has 1 fully saturated rings. The number of para-hydroxylation sites is 1. The van der Waals surface area contributed by atoms with Gasteiger partial charge in [0.15, 0.2) is 6.04 Å². The standard InChI is InChI=1S/C27H26N2O3/c1-32-26(30)25(19-10-3-2-4-11-19)28-27(31)29-23-14-8-6-12-20(23)17-22-21-13-7-5-9-18(21)15-16-24(22)29/h2-12,14,17,21,24-25H,13,15-16H2,1H3,(H,28,31)/t21?,24-,25+/m1/s1. The van der Waals surface area contributed by atoms with Gasteiger partial charge in [-0.3, -0.25) is 4.90 Å². The number of carbonyl (C=O) groups excluding carboxylic acids is 2. The summed E-state index contributed by atoms with van der Waals surface area (Å²) in [4.78, 5) is 28.1. The van der Waals surface area contributed by atoms with Gasteiger partial charge in [-0.1, -0.05) is 78.4 Å². The molecule has 1 N–H and O–H groups in total. The highest BCUT2D eigenvalue weighted by Crippen LogP contribution is 2.46. The first kappa shape index (κ1) is 20.3. The van der Waals surface area contributed by atoms with E-state index in [1.807, 2.05) is 59.5 Å². The maximum atomic E-state index is 13.7. The molecule has 1 heterocycles. The first-order chi connectivity index (χ1) is 15.7. The molecular formula is C27H26N2O3. The fourth-order valence-electron chi connectivity index (χ4n) is 5.12. The molecule has 1 saturated carbocycles. The molecule has 2 aromatic carbocycles. The van der Waals surface area contributed by atoms with Gasteiger partial charge >= 0.3 is 12.0 Å². The predicted molar refractivity (Wildman–Crippen MR) is 125 cm³/mol. The van der Waals surface area contributed by atoms with E-state index in [1.54, 1.807) is 0 Å². The van der Waals surface area contributed by atoms with E-state index in [-0.39, 0.29) is 12.1 Å². The van der Waals surface area contributed by atoms with Crippen LogP contribution >= 0.6 is 0 Å². The Morgan fingerprint density at radius 1 is 1.09 bits per heavy atom. The van der Waals surface area contributed by atoms with Gasteiger partial charge in [-0.2, -0.15) is 0 Å². The highest BCUT2D eigenvalue weighted by molar-refractivity contribution is 5.99. The zero-order valence-electron chi connectivity index (χ0n) is 18.0. The van der Waals surface area contributed by atoms with Crippen LogP contribution in [0.25, 0.3) is 6.08 Å². The Labute approximate surface area is 188 Å². The fourth-order valence-corrected chi connectivity index (χ4v) is 5.12. The van der Waals surface area contributed by atoms with Crippen LogP contribution in [0.5, 0.6) is 0 Å². The Bertz CT molecular complexity index is 1130. The molecule has 5 rings (SSSR count). The van der Waals surface area contributed by atoms with Gasteiger partial charge in [-0.15, -0.1) is 0 Å². The van der Waals surface area contributed by atoms with Crippen LogP contribution in [0.15, 0.2) is 84.0 Å². The molecule has 0 aromatic heterocycles. The zero-order chi connectivity index (χ0) is 22.1. The SMILES string of the molecule is COC(=O)[C@@H](NC(=O)N1c2ccccc2C=C2C3CC=CC=C3CC[C@H]21)c1ccccc1. The van der Waals surface area contributed by atoms with Crippen molar-refractivity contribution in [2.45, 2.75) is 31.3 Å². The van der Waals surface area contributed by atoms with Crippen LogP contribution in [-0.2, 0) is 9.53 Å². The lowest BCUT2D eigenvalue weighted by Crippen LogP contribution is -2.52. The number of esters is 1. The highest BCUT2D eigenvalue weighted by atomic mass is 16.5. The predicted octanol–water partition coefficient (Wildman–Crippen LogP) is 5.18. The van der Waals surface area contributed by atoms with Gasteiger partial charge in [-0.05, 0) is 42.0 Å². The van der Waals surface area contributed by atoms with Crippen molar-refractivity contribution >= 4 is 23.8 Å². The second-order valence-corrected chi connectivity index (χ2v) is 8.40. The summed E-state index contributed by atoms with van der Waals surface area (Å²) in [6.07, 6.45) is 11.6. The Morgan fingerprint density at radius 3 is 2.69 bits per heavy atom. The number of hydrogen-bond acceptors (Lipinski definition) is 3. The van der Waals surface area contributed by atoms with Crippen LogP contribution in [-0.4, -0.2) is 25.2 Å². The smallest absolute Gasteiger partial charge is 0.333 e. The summed E-state index contributed by atoms with van der Waals surface area (Å²) < 4.78 is 5.00. The lowest BCUT2D eigenvalue weighted by atomic mass is 9.71. The Hall–Kier alpha value is -3.60. The summed E-state index contributed by atoms with van der Waals surface area (Å²) in [5, 5.41) is 2.96. The topological polar surface area (TPSA) is 58.6 Å². The first-order valence-corrected chi connectivity index (χ1v) is 11.1. The lowest BCUT2D eigenvalue weighted by Gasteiger charge is -2.44. The van der Waals surface area contributed by atoms with Crippen molar-refractivity contribution in [1.29, 1.82) is 0 Å². The second kappa shape index (κ2) is 8.50. The van der Waals surface area contributed by atoms with Crippen molar-refractivity contribution in [3.63, 3.8) is 0 Å². The van der Waals surface area contributed by atoms with Crippen LogP contribution in [0.2, 0.25) is 0 Å². The molecule has 3 aliphatic rings. The molecule has 2 aliphatic carbocycles. The summed E-state index contributed by atoms with van der Waals surface area (Å²) in [6.45, 7) is 0. The zero-order valence-corrected chi connectivity index (χ0v) is 18.0. The molecular weight excluding hydrogens is 400 g/mol. The number of ether oxygens (including phenoxy) is 1. The molecule has 162 valence electrons. The Balaban J connectivity index is 1.51. The van der Waals surface area contributed by atoms with E-state index in [9.17, 15) is 9.59 Å². The van der Waals surface area contributed by atoms with Gasteiger partial charge in [-0.25, -0.2) is 9.59 Å². The monoisotopic (exact) mass is 426 g/mol. The van der Waals surface area contributed by atoms with Gasteiger partial charge in [0.05, 0.1) is 18.8 Å². The van der Waals surface area contributed by atoms with Crippen molar-refractivity contribution < 1.29 is 14.3 Å². The molecule has 5 nitrogen and oxygen atoms in total. The summed E-state index contributed by atoms with van der Waals surface area (Å²) >= 11 is 0. The average Bonchev–Trinajstić information content (AvgIpc) is 2.85. The number of nitrogens with one attached hydrogen (secondary N) is 1. The fraction of sp³-hybridized carbons (Fsp3) is 0.259. The highest BCUT2D eigenvalue weighted by Gasteiger charge is 2.41. The molecule has 0 radical (unpaired) electrons. The van der Waals surface area contributed by atoms with E-state index in [0.29, 0.717) is 11.5 Å². The van der Waals surface area contributed by atoms with E-state index in [0.717, 1.165) is 30.5 Å². The minimum atomic E-state index is -0.869. The molecule has 1 unspecified atom stereocenters. The summed E-state index contributed by atoms with van der Waals surface area (Å²) in [7, 11) is 1.34. The van der Waals surface area contributed by atoms with E-state index in [2.05, 4.69) is 29.6 Å². The number of urea groups is 1. The molecule has 3 atom stereocenters. The van der Waals surface area contributed by atoms with Gasteiger partial charge in [0.1, 0.15) is 0 Å². The largest absolute Gasteiger partial charge is 0.467 e. The number of allylic oxidation sites excluding steroid dienone is 4. The average molecular weight is 427 g/mol. The number of anilines is 1. The number of hydrogen-bond donors (Lipinski definition) is 1. The maximum Gasteiger partial charge on any atom is 0.333 e. The number of amides is 2. The van der Waals surface area contributed by atoms with E-state index >= 15 is 0 Å². The van der Waals surface area contributed by atoms with E-state index in [1.165, 1.54) is 18.3 Å². The summed E-state index contributed by atoms with van der Waals surface area (Å²) in [5.74, 6) is -0.162. The molecule has 1 aliphatic heterocycles. The number of nitrogens with zero attached hydrogens (tertiary/aromatic N) is 1. The quantitative estimate of drug-likeness (QED) is 0.688. The molecule has 0 spiro atoms. The lowest BCUT2D eigenvalue weighted by molar-refractivity contribution is -0.143. The third kappa shape index (κ3) is 3.54. The normalized spacial score (nSPS) is 21.8. The summed E-state index contributed by atoms with van der Waals surface area (Å²) in [6, 6.07) is 16.0. The van der Waals surface area contributed by atoms with E-state index < -0.39 is 12.0 Å². The van der Waals surface area contributed by atoms with Crippen LogP contribution in [0, 0.1) is 5.92 Å². The van der Waals surface area contributed by atoms with Crippen molar-refractivity contribution in [3.05, 3.63) is 95.1 Å². The number of benzene rings is 2. The molecule has 2 amide bonds. The van der Waals surface area contributed by atoms with Crippen molar-refractivity contribution in [3.8, 4) is 0 Å².